The van der Waals surface area contributed by atoms with Gasteiger partial charge in [-0.15, -0.1) is 0 Å². The van der Waals surface area contributed by atoms with E-state index in [0.717, 1.165) is 76.1 Å². The molecule has 10 heteroatoms. The molecule has 10 nitrogen and oxygen atoms in total. The molecule has 0 unspecified atom stereocenters. The zero-order chi connectivity index (χ0) is 29.9. The Bertz CT molecular complexity index is 1320. The van der Waals surface area contributed by atoms with Crippen molar-refractivity contribution >= 4 is 12.3 Å². The minimum absolute atomic E-state index is 0.000700. The van der Waals surface area contributed by atoms with Crippen LogP contribution in [0.25, 0.3) is 22.5 Å². The van der Waals surface area contributed by atoms with Crippen LogP contribution in [0, 0.1) is 0 Å². The lowest BCUT2D eigenvalue weighted by molar-refractivity contribution is -0.109. The van der Waals surface area contributed by atoms with Crippen molar-refractivity contribution in [1.82, 2.24) is 20.7 Å². The van der Waals surface area contributed by atoms with Crippen LogP contribution in [0.5, 0.6) is 11.5 Å². The van der Waals surface area contributed by atoms with Crippen LogP contribution in [0.1, 0.15) is 73.5 Å². The molecule has 2 aromatic carbocycles. The van der Waals surface area contributed by atoms with Crippen LogP contribution in [-0.2, 0) is 16.1 Å². The van der Waals surface area contributed by atoms with Crippen LogP contribution in [0.2, 0.25) is 0 Å². The van der Waals surface area contributed by atoms with Gasteiger partial charge in [0.25, 0.3) is 5.91 Å². The molecule has 0 spiro atoms. The van der Waals surface area contributed by atoms with E-state index in [9.17, 15) is 19.8 Å². The average Bonchev–Trinajstić information content (AvgIpc) is 3.42. The Morgan fingerprint density at radius 2 is 1.69 bits per heavy atom. The van der Waals surface area contributed by atoms with Gasteiger partial charge in [-0.1, -0.05) is 62.5 Å². The number of hydrogen-bond donors (Lipinski definition) is 4. The SMILES string of the molecule is CC(C)c1cc(-c2onc(C(=O)NCCCCCCCNC=O)c2-c2ccc(CN3CCOCC3)cc2)c(O)cc1O. The lowest BCUT2D eigenvalue weighted by Gasteiger charge is -2.26. The molecule has 0 aliphatic carbocycles. The molecule has 1 aliphatic heterocycles. The summed E-state index contributed by atoms with van der Waals surface area (Å²) < 4.78 is 11.2. The van der Waals surface area contributed by atoms with E-state index in [1.807, 2.05) is 38.1 Å². The second-order valence-corrected chi connectivity index (χ2v) is 11.0. The molecule has 42 heavy (non-hydrogen) atoms. The predicted molar refractivity (Wildman–Crippen MR) is 160 cm³/mol. The van der Waals surface area contributed by atoms with Crippen molar-refractivity contribution in [3.05, 3.63) is 53.2 Å². The summed E-state index contributed by atoms with van der Waals surface area (Å²) in [4.78, 5) is 26.0. The molecule has 1 saturated heterocycles. The lowest BCUT2D eigenvalue weighted by atomic mass is 9.94. The van der Waals surface area contributed by atoms with Crippen LogP contribution in [-0.4, -0.2) is 72.0 Å². The van der Waals surface area contributed by atoms with E-state index >= 15 is 0 Å². The van der Waals surface area contributed by atoms with Crippen molar-refractivity contribution in [2.45, 2.75) is 58.4 Å². The maximum Gasteiger partial charge on any atom is 0.274 e. The standard InChI is InChI=1S/C32H42N4O6/c1-22(2)25-18-26(28(39)19-27(25)38)31-29(24-10-8-23(9-11-24)20-36-14-16-41-17-15-36)30(35-42-31)32(40)34-13-7-5-3-4-6-12-33-21-37/h8-11,18-19,21-22,38-39H,3-7,12-17,20H2,1-2H3,(H,33,37)(H,34,40). The van der Waals surface area contributed by atoms with Crippen molar-refractivity contribution in [3.63, 3.8) is 0 Å². The normalized spacial score (nSPS) is 13.8. The van der Waals surface area contributed by atoms with E-state index in [1.165, 1.54) is 6.07 Å². The molecule has 0 atom stereocenters. The summed E-state index contributed by atoms with van der Waals surface area (Å²) in [6, 6.07) is 11.0. The van der Waals surface area contributed by atoms with Crippen LogP contribution in [0.4, 0.5) is 0 Å². The molecule has 4 rings (SSSR count). The maximum absolute atomic E-state index is 13.3. The Kier molecular flexibility index (Phi) is 11.4. The first-order valence-corrected chi connectivity index (χ1v) is 14.8. The van der Waals surface area contributed by atoms with Crippen molar-refractivity contribution < 1.29 is 29.1 Å². The Morgan fingerprint density at radius 1 is 1.00 bits per heavy atom. The summed E-state index contributed by atoms with van der Waals surface area (Å²) in [6.07, 6.45) is 5.46. The van der Waals surface area contributed by atoms with Crippen LogP contribution in [0.3, 0.4) is 0 Å². The molecule has 0 radical (unpaired) electrons. The average molecular weight is 579 g/mol. The molecular weight excluding hydrogens is 536 g/mol. The predicted octanol–water partition coefficient (Wildman–Crippen LogP) is 4.80. The first-order chi connectivity index (χ1) is 20.4. The van der Waals surface area contributed by atoms with Gasteiger partial charge in [0.15, 0.2) is 11.5 Å². The quantitative estimate of drug-likeness (QED) is 0.149. The number of aromatic hydroxyl groups is 2. The molecule has 3 aromatic rings. The smallest absolute Gasteiger partial charge is 0.274 e. The Hall–Kier alpha value is -3.89. The third kappa shape index (κ3) is 8.10. The fraction of sp³-hybridized carbons (Fsp3) is 0.469. The summed E-state index contributed by atoms with van der Waals surface area (Å²) in [5, 5.41) is 31.0. The number of aromatic nitrogens is 1. The second kappa shape index (κ2) is 15.4. The van der Waals surface area contributed by atoms with Crippen molar-refractivity contribution in [2.75, 3.05) is 39.4 Å². The number of ether oxygens (including phenoxy) is 1. The molecule has 2 heterocycles. The number of nitrogens with zero attached hydrogens (tertiary/aromatic N) is 2. The van der Waals surface area contributed by atoms with E-state index < -0.39 is 0 Å². The Morgan fingerprint density at radius 3 is 2.38 bits per heavy atom. The monoisotopic (exact) mass is 578 g/mol. The summed E-state index contributed by atoms with van der Waals surface area (Å²) in [5.74, 6) is -0.245. The molecule has 2 amide bonds. The summed E-state index contributed by atoms with van der Waals surface area (Å²) in [6.45, 7) is 9.11. The van der Waals surface area contributed by atoms with Gasteiger partial charge in [-0.3, -0.25) is 14.5 Å². The topological polar surface area (TPSA) is 137 Å². The van der Waals surface area contributed by atoms with E-state index in [0.29, 0.717) is 36.2 Å². The van der Waals surface area contributed by atoms with Gasteiger partial charge in [0.05, 0.1) is 24.3 Å². The first-order valence-electron chi connectivity index (χ1n) is 14.8. The van der Waals surface area contributed by atoms with Crippen LogP contribution in [0.15, 0.2) is 40.9 Å². The minimum Gasteiger partial charge on any atom is -0.508 e. The lowest BCUT2D eigenvalue weighted by Crippen LogP contribution is -2.35. The van der Waals surface area contributed by atoms with Crippen LogP contribution >= 0.6 is 0 Å². The van der Waals surface area contributed by atoms with E-state index in [1.54, 1.807) is 6.07 Å². The summed E-state index contributed by atoms with van der Waals surface area (Å²) in [5.41, 5.74) is 3.53. The van der Waals surface area contributed by atoms with Crippen molar-refractivity contribution in [1.29, 1.82) is 0 Å². The number of unbranched alkanes of at least 4 members (excludes halogenated alkanes) is 4. The van der Waals surface area contributed by atoms with Gasteiger partial charge in [0, 0.05) is 38.8 Å². The highest BCUT2D eigenvalue weighted by molar-refractivity contribution is 6.02. The van der Waals surface area contributed by atoms with Crippen molar-refractivity contribution in [2.24, 2.45) is 0 Å². The molecular formula is C32H42N4O6. The highest BCUT2D eigenvalue weighted by atomic mass is 16.5. The Labute approximate surface area is 247 Å². The maximum atomic E-state index is 13.3. The molecule has 4 N–H and O–H groups in total. The van der Waals surface area contributed by atoms with E-state index in [4.69, 9.17) is 9.26 Å². The van der Waals surface area contributed by atoms with Gasteiger partial charge < -0.3 is 30.1 Å². The van der Waals surface area contributed by atoms with E-state index in [2.05, 4.69) is 20.7 Å². The number of phenols is 2. The third-order valence-electron chi connectivity index (χ3n) is 7.54. The highest BCUT2D eigenvalue weighted by Gasteiger charge is 2.27. The molecule has 1 fully saturated rings. The number of nitrogens with one attached hydrogen (secondary N) is 2. The largest absolute Gasteiger partial charge is 0.508 e. The number of rotatable bonds is 15. The Balaban J connectivity index is 1.55. The minimum atomic E-state index is -0.352. The number of morpholine rings is 1. The van der Waals surface area contributed by atoms with Crippen LogP contribution < -0.4 is 10.6 Å². The fourth-order valence-corrected chi connectivity index (χ4v) is 5.16. The second-order valence-electron chi connectivity index (χ2n) is 11.0. The number of hydrogen-bond acceptors (Lipinski definition) is 8. The number of phenolic OH excluding ortho intramolecular Hbond substituents is 2. The molecule has 1 aromatic heterocycles. The van der Waals surface area contributed by atoms with E-state index in [-0.39, 0.29) is 34.8 Å². The van der Waals surface area contributed by atoms with Gasteiger partial charge >= 0.3 is 0 Å². The molecule has 1 aliphatic rings. The summed E-state index contributed by atoms with van der Waals surface area (Å²) >= 11 is 0. The highest BCUT2D eigenvalue weighted by Crippen LogP contribution is 2.43. The fourth-order valence-electron chi connectivity index (χ4n) is 5.16. The summed E-state index contributed by atoms with van der Waals surface area (Å²) in [7, 11) is 0. The van der Waals surface area contributed by atoms with Gasteiger partial charge in [-0.05, 0) is 41.5 Å². The molecule has 0 saturated carbocycles. The van der Waals surface area contributed by atoms with Gasteiger partial charge in [0.2, 0.25) is 6.41 Å². The van der Waals surface area contributed by atoms with Gasteiger partial charge in [0.1, 0.15) is 11.5 Å². The number of carbonyl (C=O) groups is 2. The zero-order valence-electron chi connectivity index (χ0n) is 24.5. The molecule has 0 bridgehead atoms. The third-order valence-corrected chi connectivity index (χ3v) is 7.54. The number of benzene rings is 2. The zero-order valence-corrected chi connectivity index (χ0v) is 24.5. The first kappa shape index (κ1) is 31.1. The van der Waals surface area contributed by atoms with Gasteiger partial charge in [-0.2, -0.15) is 0 Å². The number of carbonyl (C=O) groups excluding carboxylic acids is 2. The van der Waals surface area contributed by atoms with Gasteiger partial charge in [-0.25, -0.2) is 0 Å². The van der Waals surface area contributed by atoms with Crippen molar-refractivity contribution in [3.8, 4) is 33.9 Å². The molecule has 226 valence electrons. The number of amides is 2.